The van der Waals surface area contributed by atoms with Crippen molar-refractivity contribution in [2.75, 3.05) is 13.7 Å². The molecule has 0 radical (unpaired) electrons. The average molecular weight is 325 g/mol. The maximum Gasteiger partial charge on any atom is 0.224 e. The Bertz CT molecular complexity index is 630. The summed E-state index contributed by atoms with van der Waals surface area (Å²) in [5.41, 5.74) is 3.58. The van der Waals surface area contributed by atoms with Gasteiger partial charge in [-0.05, 0) is 47.6 Å². The van der Waals surface area contributed by atoms with Crippen molar-refractivity contribution >= 4 is 5.91 Å². The van der Waals surface area contributed by atoms with E-state index in [4.69, 9.17) is 4.74 Å². The van der Waals surface area contributed by atoms with E-state index in [-0.39, 0.29) is 5.91 Å². The lowest BCUT2D eigenvalue weighted by Gasteiger charge is -2.08. The second-order valence-electron chi connectivity index (χ2n) is 6.54. The van der Waals surface area contributed by atoms with Crippen molar-refractivity contribution in [3.05, 3.63) is 65.2 Å². The molecule has 0 aliphatic rings. The Morgan fingerprint density at radius 2 is 1.54 bits per heavy atom. The second kappa shape index (κ2) is 9.11. The molecule has 0 unspecified atom stereocenters. The third-order valence-electron chi connectivity index (χ3n) is 3.93. The molecule has 2 aromatic rings. The minimum atomic E-state index is 0.0696. The van der Waals surface area contributed by atoms with Crippen LogP contribution in [0.2, 0.25) is 0 Å². The zero-order valence-electron chi connectivity index (χ0n) is 14.8. The van der Waals surface area contributed by atoms with Gasteiger partial charge in [-0.2, -0.15) is 0 Å². The highest BCUT2D eigenvalue weighted by Gasteiger charge is 2.04. The van der Waals surface area contributed by atoms with Crippen LogP contribution in [0.5, 0.6) is 5.75 Å². The van der Waals surface area contributed by atoms with Crippen LogP contribution in [0, 0.1) is 5.92 Å². The predicted octanol–water partition coefficient (Wildman–Crippen LogP) is 3.80. The van der Waals surface area contributed by atoms with Gasteiger partial charge >= 0.3 is 0 Å². The molecule has 0 saturated carbocycles. The summed E-state index contributed by atoms with van der Waals surface area (Å²) in [5.74, 6) is 1.57. The maximum atomic E-state index is 12.0. The molecular weight excluding hydrogens is 298 g/mol. The smallest absolute Gasteiger partial charge is 0.224 e. The largest absolute Gasteiger partial charge is 0.497 e. The number of amides is 1. The van der Waals surface area contributed by atoms with E-state index in [1.165, 1.54) is 11.1 Å². The van der Waals surface area contributed by atoms with Crippen LogP contribution < -0.4 is 10.1 Å². The Morgan fingerprint density at radius 1 is 0.958 bits per heavy atom. The first-order valence-electron chi connectivity index (χ1n) is 8.54. The molecule has 0 fully saturated rings. The molecule has 1 N–H and O–H groups in total. The quantitative estimate of drug-likeness (QED) is 0.802. The van der Waals surface area contributed by atoms with E-state index in [0.717, 1.165) is 24.2 Å². The molecule has 1 amide bonds. The van der Waals surface area contributed by atoms with Crippen LogP contribution in [0.4, 0.5) is 0 Å². The monoisotopic (exact) mass is 325 g/mol. The number of rotatable bonds is 8. The molecule has 0 spiro atoms. The van der Waals surface area contributed by atoms with E-state index in [1.807, 2.05) is 24.3 Å². The van der Waals surface area contributed by atoms with Crippen molar-refractivity contribution < 1.29 is 9.53 Å². The number of nitrogens with one attached hydrogen (secondary N) is 1. The number of benzene rings is 2. The van der Waals surface area contributed by atoms with Gasteiger partial charge in [0.05, 0.1) is 13.5 Å². The summed E-state index contributed by atoms with van der Waals surface area (Å²) in [6, 6.07) is 16.3. The molecule has 0 saturated heterocycles. The van der Waals surface area contributed by atoms with Gasteiger partial charge in [0.2, 0.25) is 5.91 Å². The summed E-state index contributed by atoms with van der Waals surface area (Å²) in [6.45, 7) is 5.07. The van der Waals surface area contributed by atoms with E-state index in [0.29, 0.717) is 18.9 Å². The zero-order valence-corrected chi connectivity index (χ0v) is 14.8. The summed E-state index contributed by atoms with van der Waals surface area (Å²) >= 11 is 0. The standard InChI is InChI=1S/C21H27NO2/c1-16(2)14-18-4-6-19(7-5-18)15-21(23)22-13-12-17-8-10-20(24-3)11-9-17/h4-11,16H,12-15H2,1-3H3,(H,22,23). The highest BCUT2D eigenvalue weighted by molar-refractivity contribution is 5.78. The van der Waals surface area contributed by atoms with E-state index in [1.54, 1.807) is 7.11 Å². The van der Waals surface area contributed by atoms with Crippen LogP contribution in [0.3, 0.4) is 0 Å². The van der Waals surface area contributed by atoms with Crippen LogP contribution in [0.25, 0.3) is 0 Å². The summed E-state index contributed by atoms with van der Waals surface area (Å²) in [5, 5.41) is 2.98. The van der Waals surface area contributed by atoms with Crippen LogP contribution in [-0.4, -0.2) is 19.6 Å². The molecule has 128 valence electrons. The predicted molar refractivity (Wildman–Crippen MR) is 98.4 cm³/mol. The van der Waals surface area contributed by atoms with Gasteiger partial charge in [-0.15, -0.1) is 0 Å². The van der Waals surface area contributed by atoms with Gasteiger partial charge in [0, 0.05) is 6.54 Å². The average Bonchev–Trinajstić information content (AvgIpc) is 2.57. The van der Waals surface area contributed by atoms with Crippen molar-refractivity contribution in [1.82, 2.24) is 5.32 Å². The van der Waals surface area contributed by atoms with Crippen LogP contribution in [0.1, 0.15) is 30.5 Å². The Morgan fingerprint density at radius 3 is 2.12 bits per heavy atom. The maximum absolute atomic E-state index is 12.0. The van der Waals surface area contributed by atoms with Gasteiger partial charge in [-0.3, -0.25) is 4.79 Å². The molecule has 0 atom stereocenters. The number of carbonyl (C=O) groups is 1. The number of hydrogen-bond donors (Lipinski definition) is 1. The number of ether oxygens (including phenoxy) is 1. The minimum Gasteiger partial charge on any atom is -0.497 e. The lowest BCUT2D eigenvalue weighted by Crippen LogP contribution is -2.27. The molecule has 0 aliphatic carbocycles. The SMILES string of the molecule is COc1ccc(CCNC(=O)Cc2ccc(CC(C)C)cc2)cc1. The first-order valence-corrected chi connectivity index (χ1v) is 8.54. The molecule has 0 aliphatic heterocycles. The van der Waals surface area contributed by atoms with Crippen molar-refractivity contribution in [3.8, 4) is 5.75 Å². The highest BCUT2D eigenvalue weighted by Crippen LogP contribution is 2.12. The third-order valence-corrected chi connectivity index (χ3v) is 3.93. The van der Waals surface area contributed by atoms with Gasteiger partial charge in [0.25, 0.3) is 0 Å². The number of hydrogen-bond acceptors (Lipinski definition) is 2. The first kappa shape index (κ1) is 18.1. The van der Waals surface area contributed by atoms with Crippen molar-refractivity contribution in [2.45, 2.75) is 33.1 Å². The van der Waals surface area contributed by atoms with Crippen LogP contribution >= 0.6 is 0 Å². The lowest BCUT2D eigenvalue weighted by molar-refractivity contribution is -0.120. The van der Waals surface area contributed by atoms with Crippen LogP contribution in [0.15, 0.2) is 48.5 Å². The van der Waals surface area contributed by atoms with Crippen molar-refractivity contribution in [3.63, 3.8) is 0 Å². The highest BCUT2D eigenvalue weighted by atomic mass is 16.5. The van der Waals surface area contributed by atoms with Crippen molar-refractivity contribution in [2.24, 2.45) is 5.92 Å². The topological polar surface area (TPSA) is 38.3 Å². The number of methoxy groups -OCH3 is 1. The summed E-state index contributed by atoms with van der Waals surface area (Å²) in [4.78, 5) is 12.0. The molecule has 0 aromatic heterocycles. The van der Waals surface area contributed by atoms with Crippen molar-refractivity contribution in [1.29, 1.82) is 0 Å². The van der Waals surface area contributed by atoms with E-state index < -0.39 is 0 Å². The normalized spacial score (nSPS) is 10.7. The molecular formula is C21H27NO2. The Balaban J connectivity index is 1.74. The first-order chi connectivity index (χ1) is 11.6. The molecule has 2 aromatic carbocycles. The van der Waals surface area contributed by atoms with E-state index in [9.17, 15) is 4.79 Å². The van der Waals surface area contributed by atoms with Gasteiger partial charge in [-0.25, -0.2) is 0 Å². The van der Waals surface area contributed by atoms with Gasteiger partial charge in [0.15, 0.2) is 0 Å². The lowest BCUT2D eigenvalue weighted by atomic mass is 10.0. The fraction of sp³-hybridized carbons (Fsp3) is 0.381. The Kier molecular flexibility index (Phi) is 6.86. The van der Waals surface area contributed by atoms with E-state index in [2.05, 4.69) is 43.4 Å². The minimum absolute atomic E-state index is 0.0696. The Hall–Kier alpha value is -2.29. The van der Waals surface area contributed by atoms with Gasteiger partial charge in [-0.1, -0.05) is 50.2 Å². The fourth-order valence-electron chi connectivity index (χ4n) is 2.65. The van der Waals surface area contributed by atoms with E-state index >= 15 is 0 Å². The molecule has 3 nitrogen and oxygen atoms in total. The molecule has 24 heavy (non-hydrogen) atoms. The summed E-state index contributed by atoms with van der Waals surface area (Å²) in [7, 11) is 1.66. The second-order valence-corrected chi connectivity index (χ2v) is 6.54. The third kappa shape index (κ3) is 6.07. The summed E-state index contributed by atoms with van der Waals surface area (Å²) < 4.78 is 5.14. The molecule has 2 rings (SSSR count). The molecule has 0 bridgehead atoms. The van der Waals surface area contributed by atoms with Gasteiger partial charge in [0.1, 0.15) is 5.75 Å². The van der Waals surface area contributed by atoms with Crippen LogP contribution in [-0.2, 0) is 24.1 Å². The zero-order chi connectivity index (χ0) is 17.4. The summed E-state index contributed by atoms with van der Waals surface area (Å²) in [6.07, 6.45) is 2.34. The molecule has 0 heterocycles. The fourth-order valence-corrected chi connectivity index (χ4v) is 2.65. The Labute approximate surface area is 145 Å². The molecule has 3 heteroatoms. The van der Waals surface area contributed by atoms with Gasteiger partial charge < -0.3 is 10.1 Å². The number of carbonyl (C=O) groups excluding carboxylic acids is 1.